The summed E-state index contributed by atoms with van der Waals surface area (Å²) in [5.74, 6) is 2.13. The molecule has 0 N–H and O–H groups in total. The molecule has 1 aromatic carbocycles. The lowest BCUT2D eigenvalue weighted by atomic mass is 10.0. The fourth-order valence-corrected chi connectivity index (χ4v) is 2.82. The fraction of sp³-hybridized carbons (Fsp3) is 0.500. The number of aromatic nitrogens is 2. The Morgan fingerprint density at radius 3 is 2.83 bits per heavy atom. The van der Waals surface area contributed by atoms with Crippen LogP contribution in [0.1, 0.15) is 18.7 Å². The van der Waals surface area contributed by atoms with Crippen molar-refractivity contribution in [2.45, 2.75) is 25.3 Å². The van der Waals surface area contributed by atoms with Gasteiger partial charge in [0, 0.05) is 19.8 Å². The zero-order valence-electron chi connectivity index (χ0n) is 10.3. The predicted octanol–water partition coefficient (Wildman–Crippen LogP) is 3.20. The smallest absolute Gasteiger partial charge is 0.124 e. The van der Waals surface area contributed by atoms with Gasteiger partial charge in [0.2, 0.25) is 0 Å². The number of rotatable bonds is 3. The van der Waals surface area contributed by atoms with Crippen LogP contribution in [0, 0.1) is 5.92 Å². The lowest BCUT2D eigenvalue weighted by Gasteiger charge is -2.23. The number of ether oxygens (including phenoxy) is 1. The van der Waals surface area contributed by atoms with Gasteiger partial charge in [0.25, 0.3) is 0 Å². The Labute approximate surface area is 112 Å². The lowest BCUT2D eigenvalue weighted by Crippen LogP contribution is -2.21. The Hall–Kier alpha value is -1.06. The van der Waals surface area contributed by atoms with Crippen LogP contribution in [0.2, 0.25) is 0 Å². The van der Waals surface area contributed by atoms with E-state index < -0.39 is 0 Å². The van der Waals surface area contributed by atoms with Crippen LogP contribution in [0.4, 0.5) is 0 Å². The van der Waals surface area contributed by atoms with Crippen molar-refractivity contribution in [3.8, 4) is 0 Å². The van der Waals surface area contributed by atoms with Crippen LogP contribution in [0.25, 0.3) is 11.0 Å². The molecule has 0 unspecified atom stereocenters. The zero-order chi connectivity index (χ0) is 12.4. The second-order valence-electron chi connectivity index (χ2n) is 4.82. The Kier molecular flexibility index (Phi) is 3.52. The molecular formula is C14H17ClN2O. The monoisotopic (exact) mass is 264 g/mol. The summed E-state index contributed by atoms with van der Waals surface area (Å²) in [4.78, 5) is 4.60. The van der Waals surface area contributed by atoms with E-state index in [-0.39, 0.29) is 0 Å². The van der Waals surface area contributed by atoms with Crippen molar-refractivity contribution in [2.24, 2.45) is 5.92 Å². The largest absolute Gasteiger partial charge is 0.381 e. The third kappa shape index (κ3) is 2.25. The molecule has 0 saturated carbocycles. The molecule has 0 bridgehead atoms. The number of alkyl halides is 1. The molecule has 96 valence electrons. The summed E-state index contributed by atoms with van der Waals surface area (Å²) in [6.45, 7) is 2.77. The third-order valence-electron chi connectivity index (χ3n) is 3.63. The minimum absolute atomic E-state index is 0.470. The molecule has 1 aliphatic rings. The van der Waals surface area contributed by atoms with Gasteiger partial charge >= 0.3 is 0 Å². The first kappa shape index (κ1) is 12.0. The molecule has 4 heteroatoms. The van der Waals surface area contributed by atoms with Gasteiger partial charge in [0.05, 0.1) is 16.9 Å². The average Bonchev–Trinajstić information content (AvgIpc) is 2.78. The molecule has 1 aromatic heterocycles. The number of hydrogen-bond acceptors (Lipinski definition) is 2. The van der Waals surface area contributed by atoms with Crippen molar-refractivity contribution in [2.75, 3.05) is 13.2 Å². The summed E-state index contributed by atoms with van der Waals surface area (Å²) in [5.41, 5.74) is 2.24. The van der Waals surface area contributed by atoms with E-state index in [1.807, 2.05) is 12.1 Å². The van der Waals surface area contributed by atoms with Gasteiger partial charge in [-0.15, -0.1) is 11.6 Å². The molecule has 2 heterocycles. The van der Waals surface area contributed by atoms with Gasteiger partial charge < -0.3 is 9.30 Å². The summed E-state index contributed by atoms with van der Waals surface area (Å²) in [7, 11) is 0. The van der Waals surface area contributed by atoms with Gasteiger partial charge in [0.15, 0.2) is 0 Å². The molecule has 0 atom stereocenters. The van der Waals surface area contributed by atoms with Gasteiger partial charge in [-0.25, -0.2) is 4.98 Å². The number of halogens is 1. The minimum Gasteiger partial charge on any atom is -0.381 e. The highest BCUT2D eigenvalue weighted by Crippen LogP contribution is 2.23. The van der Waals surface area contributed by atoms with Crippen LogP contribution in [0.3, 0.4) is 0 Å². The fourth-order valence-electron chi connectivity index (χ4n) is 2.62. The van der Waals surface area contributed by atoms with Gasteiger partial charge in [0.1, 0.15) is 5.82 Å². The topological polar surface area (TPSA) is 27.1 Å². The minimum atomic E-state index is 0.470. The van der Waals surface area contributed by atoms with Crippen molar-refractivity contribution in [3.05, 3.63) is 30.1 Å². The first-order valence-electron chi connectivity index (χ1n) is 6.46. The summed E-state index contributed by atoms with van der Waals surface area (Å²) in [6.07, 6.45) is 2.27. The van der Waals surface area contributed by atoms with E-state index in [1.165, 1.54) is 5.52 Å². The van der Waals surface area contributed by atoms with E-state index >= 15 is 0 Å². The Morgan fingerprint density at radius 1 is 1.28 bits per heavy atom. The van der Waals surface area contributed by atoms with Crippen molar-refractivity contribution in [3.63, 3.8) is 0 Å². The first-order chi connectivity index (χ1) is 8.88. The van der Waals surface area contributed by atoms with Crippen LogP contribution in [-0.2, 0) is 17.2 Å². The average molecular weight is 265 g/mol. The summed E-state index contributed by atoms with van der Waals surface area (Å²) in [6, 6.07) is 8.25. The summed E-state index contributed by atoms with van der Waals surface area (Å²) >= 11 is 6.01. The second-order valence-corrected chi connectivity index (χ2v) is 5.08. The van der Waals surface area contributed by atoms with E-state index in [0.717, 1.165) is 43.9 Å². The predicted molar refractivity (Wildman–Crippen MR) is 72.8 cm³/mol. The maximum absolute atomic E-state index is 6.01. The molecule has 0 amide bonds. The highest BCUT2D eigenvalue weighted by molar-refractivity contribution is 6.16. The van der Waals surface area contributed by atoms with Crippen LogP contribution in [0.5, 0.6) is 0 Å². The van der Waals surface area contributed by atoms with Crippen molar-refractivity contribution < 1.29 is 4.74 Å². The van der Waals surface area contributed by atoms with Gasteiger partial charge in [-0.05, 0) is 30.9 Å². The molecule has 0 radical (unpaired) electrons. The van der Waals surface area contributed by atoms with E-state index in [1.54, 1.807) is 0 Å². The SMILES string of the molecule is ClCc1nc2ccccc2n1CC1CCOCC1. The van der Waals surface area contributed by atoms with Crippen LogP contribution in [-0.4, -0.2) is 22.8 Å². The lowest BCUT2D eigenvalue weighted by molar-refractivity contribution is 0.0614. The number of fused-ring (bicyclic) bond motifs is 1. The van der Waals surface area contributed by atoms with Crippen LogP contribution in [0.15, 0.2) is 24.3 Å². The number of imidazole rings is 1. The molecule has 1 aliphatic heterocycles. The van der Waals surface area contributed by atoms with E-state index in [2.05, 4.69) is 21.7 Å². The maximum Gasteiger partial charge on any atom is 0.124 e. The van der Waals surface area contributed by atoms with E-state index in [4.69, 9.17) is 16.3 Å². The highest BCUT2D eigenvalue weighted by atomic mass is 35.5. The normalized spacial score (nSPS) is 17.4. The Morgan fingerprint density at radius 2 is 2.06 bits per heavy atom. The van der Waals surface area contributed by atoms with Crippen molar-refractivity contribution in [1.82, 2.24) is 9.55 Å². The van der Waals surface area contributed by atoms with Gasteiger partial charge in [-0.2, -0.15) is 0 Å². The summed E-state index contributed by atoms with van der Waals surface area (Å²) < 4.78 is 7.69. The number of hydrogen-bond donors (Lipinski definition) is 0. The van der Waals surface area contributed by atoms with Gasteiger partial charge in [-0.1, -0.05) is 12.1 Å². The molecule has 0 spiro atoms. The van der Waals surface area contributed by atoms with E-state index in [9.17, 15) is 0 Å². The molecule has 1 fully saturated rings. The second kappa shape index (κ2) is 5.29. The summed E-state index contributed by atoms with van der Waals surface area (Å²) in [5, 5.41) is 0. The molecule has 3 rings (SSSR count). The molecule has 2 aromatic rings. The van der Waals surface area contributed by atoms with Gasteiger partial charge in [-0.3, -0.25) is 0 Å². The van der Waals surface area contributed by atoms with Crippen LogP contribution < -0.4 is 0 Å². The van der Waals surface area contributed by atoms with Crippen LogP contribution >= 0.6 is 11.6 Å². The Balaban J connectivity index is 1.93. The maximum atomic E-state index is 6.01. The third-order valence-corrected chi connectivity index (χ3v) is 3.87. The highest BCUT2D eigenvalue weighted by Gasteiger charge is 2.17. The van der Waals surface area contributed by atoms with E-state index in [0.29, 0.717) is 11.8 Å². The number of nitrogens with zero attached hydrogens (tertiary/aromatic N) is 2. The quantitative estimate of drug-likeness (QED) is 0.796. The standard InChI is InChI=1S/C14H17ClN2O/c15-9-14-16-12-3-1-2-4-13(12)17(14)10-11-5-7-18-8-6-11/h1-4,11H,5-10H2. The zero-order valence-corrected chi connectivity index (χ0v) is 11.1. The number of para-hydroxylation sites is 2. The Bertz CT molecular complexity index is 532. The molecule has 18 heavy (non-hydrogen) atoms. The molecule has 1 saturated heterocycles. The molecule has 3 nitrogen and oxygen atoms in total. The first-order valence-corrected chi connectivity index (χ1v) is 7.00. The van der Waals surface area contributed by atoms with Crippen molar-refractivity contribution >= 4 is 22.6 Å². The molecular weight excluding hydrogens is 248 g/mol. The number of benzene rings is 1. The van der Waals surface area contributed by atoms with Crippen molar-refractivity contribution in [1.29, 1.82) is 0 Å². The molecule has 0 aliphatic carbocycles.